The van der Waals surface area contributed by atoms with Crippen molar-refractivity contribution in [3.8, 4) is 5.75 Å². The van der Waals surface area contributed by atoms with Gasteiger partial charge in [-0.25, -0.2) is 12.7 Å². The van der Waals surface area contributed by atoms with Gasteiger partial charge < -0.3 is 10.1 Å². The summed E-state index contributed by atoms with van der Waals surface area (Å²) in [5.41, 5.74) is 1.23. The third-order valence-electron chi connectivity index (χ3n) is 4.62. The molecule has 0 spiro atoms. The molecule has 5 nitrogen and oxygen atoms in total. The minimum atomic E-state index is -3.04. The van der Waals surface area contributed by atoms with Crippen LogP contribution in [0.1, 0.15) is 31.2 Å². The van der Waals surface area contributed by atoms with Crippen molar-refractivity contribution in [2.75, 3.05) is 26.0 Å². The van der Waals surface area contributed by atoms with E-state index in [-0.39, 0.29) is 0 Å². The molecule has 0 bridgehead atoms. The van der Waals surface area contributed by atoms with Gasteiger partial charge in [0, 0.05) is 25.7 Å². The van der Waals surface area contributed by atoms with Crippen molar-refractivity contribution in [3.63, 3.8) is 0 Å². The van der Waals surface area contributed by atoms with Gasteiger partial charge in [0.15, 0.2) is 0 Å². The third kappa shape index (κ3) is 5.19. The first kappa shape index (κ1) is 16.7. The zero-order valence-corrected chi connectivity index (χ0v) is 14.5. The van der Waals surface area contributed by atoms with Crippen molar-refractivity contribution in [1.82, 2.24) is 9.62 Å². The minimum absolute atomic E-state index is 0.388. The standard InChI is InChI=1S/C17H26N2O3S/c1-23(20,21)19-10-8-16(9-11-19)18-12-14-4-6-17(7-5-14)22-13-15-2-3-15/h4-7,15-16,18H,2-3,8-13H2,1H3. The van der Waals surface area contributed by atoms with Crippen LogP contribution in [0.5, 0.6) is 5.75 Å². The van der Waals surface area contributed by atoms with Crippen molar-refractivity contribution >= 4 is 10.0 Å². The molecule has 1 saturated heterocycles. The summed E-state index contributed by atoms with van der Waals surface area (Å²) in [6.45, 7) is 2.89. The quantitative estimate of drug-likeness (QED) is 0.826. The Kier molecular flexibility index (Phi) is 5.24. The summed E-state index contributed by atoms with van der Waals surface area (Å²) in [7, 11) is -3.04. The molecule has 0 aromatic heterocycles. The van der Waals surface area contributed by atoms with Gasteiger partial charge in [-0.1, -0.05) is 12.1 Å². The Morgan fingerprint density at radius 2 is 1.78 bits per heavy atom. The monoisotopic (exact) mass is 338 g/mol. The molecule has 128 valence electrons. The lowest BCUT2D eigenvalue weighted by molar-refractivity contribution is 0.290. The summed E-state index contributed by atoms with van der Waals surface area (Å²) >= 11 is 0. The Hall–Kier alpha value is -1.11. The predicted octanol–water partition coefficient (Wildman–Crippen LogP) is 1.99. The molecule has 2 aliphatic rings. The van der Waals surface area contributed by atoms with Gasteiger partial charge in [-0.15, -0.1) is 0 Å². The molecule has 6 heteroatoms. The van der Waals surface area contributed by atoms with Gasteiger partial charge in [0.1, 0.15) is 5.75 Å². The molecule has 1 N–H and O–H groups in total. The van der Waals surface area contributed by atoms with E-state index in [1.807, 2.05) is 12.1 Å². The van der Waals surface area contributed by atoms with Gasteiger partial charge >= 0.3 is 0 Å². The number of sulfonamides is 1. The van der Waals surface area contributed by atoms with Crippen molar-refractivity contribution in [2.45, 2.75) is 38.3 Å². The van der Waals surface area contributed by atoms with Gasteiger partial charge in [0.05, 0.1) is 12.9 Å². The SMILES string of the molecule is CS(=O)(=O)N1CCC(NCc2ccc(OCC3CC3)cc2)CC1. The van der Waals surface area contributed by atoms with Crippen molar-refractivity contribution in [1.29, 1.82) is 0 Å². The van der Waals surface area contributed by atoms with Gasteiger partial charge in [0.2, 0.25) is 10.0 Å². The number of ether oxygens (including phenoxy) is 1. The summed E-state index contributed by atoms with van der Waals surface area (Å²) in [5.74, 6) is 1.72. The van der Waals surface area contributed by atoms with Crippen molar-refractivity contribution in [3.05, 3.63) is 29.8 Å². The van der Waals surface area contributed by atoms with Gasteiger partial charge in [-0.3, -0.25) is 0 Å². The van der Waals surface area contributed by atoms with Gasteiger partial charge in [-0.2, -0.15) is 0 Å². The lowest BCUT2D eigenvalue weighted by atomic mass is 10.1. The molecule has 0 radical (unpaired) electrons. The zero-order chi connectivity index (χ0) is 16.3. The number of hydrogen-bond donors (Lipinski definition) is 1. The van der Waals surface area contributed by atoms with Crippen LogP contribution < -0.4 is 10.1 Å². The zero-order valence-electron chi connectivity index (χ0n) is 13.7. The molecule has 23 heavy (non-hydrogen) atoms. The summed E-state index contributed by atoms with van der Waals surface area (Å²) < 4.78 is 30.3. The Morgan fingerprint density at radius 1 is 1.13 bits per heavy atom. The fraction of sp³-hybridized carbons (Fsp3) is 0.647. The smallest absolute Gasteiger partial charge is 0.211 e. The summed E-state index contributed by atoms with van der Waals surface area (Å²) in [4.78, 5) is 0. The Bertz CT molecular complexity index is 603. The van der Waals surface area contributed by atoms with Crippen LogP contribution in [0.3, 0.4) is 0 Å². The lowest BCUT2D eigenvalue weighted by Crippen LogP contribution is -2.44. The van der Waals surface area contributed by atoms with E-state index in [0.717, 1.165) is 37.7 Å². The topological polar surface area (TPSA) is 58.6 Å². The molecule has 1 heterocycles. The fourth-order valence-electron chi connectivity index (χ4n) is 2.86. The highest BCUT2D eigenvalue weighted by Crippen LogP contribution is 2.29. The van der Waals surface area contributed by atoms with Crippen LogP contribution in [0.4, 0.5) is 0 Å². The average Bonchev–Trinajstić information content (AvgIpc) is 3.36. The molecule has 1 aliphatic carbocycles. The molecule has 0 amide bonds. The highest BCUT2D eigenvalue weighted by Gasteiger charge is 2.24. The highest BCUT2D eigenvalue weighted by molar-refractivity contribution is 7.88. The van der Waals surface area contributed by atoms with Gasteiger partial charge in [0.25, 0.3) is 0 Å². The molecule has 2 fully saturated rings. The van der Waals surface area contributed by atoms with E-state index in [1.165, 1.54) is 24.7 Å². The maximum absolute atomic E-state index is 11.5. The molecule has 1 saturated carbocycles. The first-order chi connectivity index (χ1) is 11.0. The van der Waals surface area contributed by atoms with Crippen LogP contribution in [0.2, 0.25) is 0 Å². The maximum atomic E-state index is 11.5. The molecular weight excluding hydrogens is 312 g/mol. The van der Waals surface area contributed by atoms with E-state index in [4.69, 9.17) is 4.74 Å². The van der Waals surface area contributed by atoms with Crippen molar-refractivity contribution < 1.29 is 13.2 Å². The second kappa shape index (κ2) is 7.20. The molecule has 0 atom stereocenters. The number of benzene rings is 1. The average molecular weight is 338 g/mol. The first-order valence-electron chi connectivity index (χ1n) is 8.41. The van der Waals surface area contributed by atoms with Crippen LogP contribution in [0, 0.1) is 5.92 Å². The molecule has 1 aromatic carbocycles. The van der Waals surface area contributed by atoms with E-state index in [2.05, 4.69) is 17.4 Å². The Balaban J connectivity index is 1.40. The third-order valence-corrected chi connectivity index (χ3v) is 5.93. The van der Waals surface area contributed by atoms with Gasteiger partial charge in [-0.05, 0) is 49.3 Å². The summed E-state index contributed by atoms with van der Waals surface area (Å²) in [6.07, 6.45) is 5.64. The number of rotatable bonds is 7. The number of piperidine rings is 1. The van der Waals surface area contributed by atoms with Crippen molar-refractivity contribution in [2.24, 2.45) is 5.92 Å². The second-order valence-electron chi connectivity index (χ2n) is 6.72. The van der Waals surface area contributed by atoms with E-state index in [1.54, 1.807) is 4.31 Å². The first-order valence-corrected chi connectivity index (χ1v) is 10.3. The predicted molar refractivity (Wildman–Crippen MR) is 90.9 cm³/mol. The van der Waals surface area contributed by atoms with E-state index >= 15 is 0 Å². The van der Waals surface area contributed by atoms with E-state index in [0.29, 0.717) is 19.1 Å². The number of nitrogens with zero attached hydrogens (tertiary/aromatic N) is 1. The minimum Gasteiger partial charge on any atom is -0.493 e. The van der Waals surface area contributed by atoms with E-state index in [9.17, 15) is 8.42 Å². The number of hydrogen-bond acceptors (Lipinski definition) is 4. The maximum Gasteiger partial charge on any atom is 0.211 e. The van der Waals surface area contributed by atoms with Crippen LogP contribution in [-0.2, 0) is 16.6 Å². The molecule has 1 aromatic rings. The largest absolute Gasteiger partial charge is 0.493 e. The second-order valence-corrected chi connectivity index (χ2v) is 8.70. The van der Waals surface area contributed by atoms with Crippen LogP contribution >= 0.6 is 0 Å². The Labute approximate surface area is 139 Å². The highest BCUT2D eigenvalue weighted by atomic mass is 32.2. The number of nitrogens with one attached hydrogen (secondary N) is 1. The fourth-order valence-corrected chi connectivity index (χ4v) is 3.73. The normalized spacial score (nSPS) is 20.6. The Morgan fingerprint density at radius 3 is 2.35 bits per heavy atom. The molecule has 1 aliphatic heterocycles. The molecule has 0 unspecified atom stereocenters. The summed E-state index contributed by atoms with van der Waals surface area (Å²) in [5, 5.41) is 3.53. The van der Waals surface area contributed by atoms with Crippen LogP contribution in [0.25, 0.3) is 0 Å². The van der Waals surface area contributed by atoms with Crippen LogP contribution in [0.15, 0.2) is 24.3 Å². The van der Waals surface area contributed by atoms with E-state index < -0.39 is 10.0 Å². The summed E-state index contributed by atoms with van der Waals surface area (Å²) in [6, 6.07) is 8.65. The molecular formula is C17H26N2O3S. The van der Waals surface area contributed by atoms with Crippen LogP contribution in [-0.4, -0.2) is 44.7 Å². The lowest BCUT2D eigenvalue weighted by Gasteiger charge is -2.30. The molecule has 3 rings (SSSR count).